The minimum Gasteiger partial charge on any atom is -0.490 e. The summed E-state index contributed by atoms with van der Waals surface area (Å²) in [5.41, 5.74) is 0.698. The van der Waals surface area contributed by atoms with Crippen molar-refractivity contribution < 1.29 is 31.8 Å². The van der Waals surface area contributed by atoms with Gasteiger partial charge in [-0.1, -0.05) is 12.1 Å². The Morgan fingerprint density at radius 1 is 1.03 bits per heavy atom. The van der Waals surface area contributed by atoms with Gasteiger partial charge in [-0.2, -0.15) is 4.31 Å². The number of hydrogen-bond donors (Lipinski definition) is 0. The summed E-state index contributed by atoms with van der Waals surface area (Å²) in [6.45, 7) is 1.53. The minimum atomic E-state index is -3.71. The smallest absolute Gasteiger partial charge is 0.309 e. The fourth-order valence-corrected chi connectivity index (χ4v) is 5.12. The normalized spacial score (nSPS) is 17.7. The van der Waals surface area contributed by atoms with Crippen LogP contribution in [0.1, 0.15) is 24.8 Å². The number of piperidine rings is 1. The Hall–Kier alpha value is -2.65. The fraction of sp³-hybridized carbons (Fsp3) is 0.409. The summed E-state index contributed by atoms with van der Waals surface area (Å²) < 4.78 is 56.9. The number of ether oxygens (including phenoxy) is 3. The first kappa shape index (κ1) is 21.6. The van der Waals surface area contributed by atoms with Crippen LogP contribution in [0, 0.1) is 11.7 Å². The van der Waals surface area contributed by atoms with E-state index in [1.807, 2.05) is 0 Å². The molecule has 9 heteroatoms. The van der Waals surface area contributed by atoms with Gasteiger partial charge in [-0.05, 0) is 42.7 Å². The number of rotatable bonds is 5. The summed E-state index contributed by atoms with van der Waals surface area (Å²) in [7, 11) is -3.71. The summed E-state index contributed by atoms with van der Waals surface area (Å²) >= 11 is 0. The molecule has 0 bridgehead atoms. The molecule has 0 amide bonds. The average molecular weight is 450 g/mol. The van der Waals surface area contributed by atoms with Crippen molar-refractivity contribution in [3.8, 4) is 11.5 Å². The van der Waals surface area contributed by atoms with E-state index < -0.39 is 10.0 Å². The second-order valence-electron chi connectivity index (χ2n) is 7.57. The number of benzene rings is 2. The van der Waals surface area contributed by atoms with Crippen LogP contribution in [0.15, 0.2) is 47.4 Å². The van der Waals surface area contributed by atoms with Gasteiger partial charge in [0.2, 0.25) is 10.0 Å². The van der Waals surface area contributed by atoms with Crippen molar-refractivity contribution in [1.82, 2.24) is 4.31 Å². The number of halogens is 1. The Labute approximate surface area is 180 Å². The van der Waals surface area contributed by atoms with Crippen molar-refractivity contribution in [1.29, 1.82) is 0 Å². The predicted molar refractivity (Wildman–Crippen MR) is 110 cm³/mol. The maximum Gasteiger partial charge on any atom is 0.309 e. The lowest BCUT2D eigenvalue weighted by Gasteiger charge is -2.30. The summed E-state index contributed by atoms with van der Waals surface area (Å²) in [6, 6.07) is 10.4. The van der Waals surface area contributed by atoms with Gasteiger partial charge in [0.05, 0.1) is 24.0 Å². The number of fused-ring (bicyclic) bond motifs is 1. The second-order valence-corrected chi connectivity index (χ2v) is 9.51. The lowest BCUT2D eigenvalue weighted by Crippen LogP contribution is -2.40. The SMILES string of the molecule is O=C(OCc1ccc(F)cc1)C1CCN(S(=O)(=O)c2ccc3c(c2)OCCCO3)CC1. The molecule has 0 spiro atoms. The molecule has 7 nitrogen and oxygen atoms in total. The number of carbonyl (C=O) groups excluding carboxylic acids is 1. The Kier molecular flexibility index (Phi) is 6.43. The molecule has 1 fully saturated rings. The van der Waals surface area contributed by atoms with Crippen molar-refractivity contribution in [2.45, 2.75) is 30.8 Å². The molecule has 0 N–H and O–H groups in total. The van der Waals surface area contributed by atoms with Gasteiger partial charge >= 0.3 is 5.97 Å². The van der Waals surface area contributed by atoms with E-state index in [2.05, 4.69) is 0 Å². The molecule has 2 aliphatic rings. The van der Waals surface area contributed by atoms with Gasteiger partial charge < -0.3 is 14.2 Å². The molecule has 0 aromatic heterocycles. The largest absolute Gasteiger partial charge is 0.490 e. The van der Waals surface area contributed by atoms with Crippen LogP contribution >= 0.6 is 0 Å². The van der Waals surface area contributed by atoms with Crippen molar-refractivity contribution in [3.63, 3.8) is 0 Å². The van der Waals surface area contributed by atoms with Crippen LogP contribution in [-0.4, -0.2) is 45.0 Å². The summed E-state index contributed by atoms with van der Waals surface area (Å²) in [5.74, 6) is -0.109. The summed E-state index contributed by atoms with van der Waals surface area (Å²) in [5, 5.41) is 0. The fourth-order valence-electron chi connectivity index (χ4n) is 3.64. The predicted octanol–water partition coefficient (Wildman–Crippen LogP) is 3.13. The van der Waals surface area contributed by atoms with E-state index in [4.69, 9.17) is 14.2 Å². The highest BCUT2D eigenvalue weighted by atomic mass is 32.2. The molecule has 0 aliphatic carbocycles. The minimum absolute atomic E-state index is 0.0643. The monoisotopic (exact) mass is 449 g/mol. The van der Waals surface area contributed by atoms with Gasteiger partial charge in [0.25, 0.3) is 0 Å². The van der Waals surface area contributed by atoms with Gasteiger partial charge in [-0.25, -0.2) is 12.8 Å². The molecule has 0 atom stereocenters. The zero-order valence-electron chi connectivity index (χ0n) is 17.0. The topological polar surface area (TPSA) is 82.1 Å². The molecule has 0 radical (unpaired) electrons. The van der Waals surface area contributed by atoms with Crippen LogP contribution < -0.4 is 9.47 Å². The van der Waals surface area contributed by atoms with Crippen LogP contribution in [0.3, 0.4) is 0 Å². The van der Waals surface area contributed by atoms with Crippen LogP contribution in [0.2, 0.25) is 0 Å². The van der Waals surface area contributed by atoms with E-state index in [-0.39, 0.29) is 42.3 Å². The highest BCUT2D eigenvalue weighted by molar-refractivity contribution is 7.89. The van der Waals surface area contributed by atoms with Crippen LogP contribution in [0.5, 0.6) is 11.5 Å². The van der Waals surface area contributed by atoms with Crippen LogP contribution in [0.4, 0.5) is 4.39 Å². The van der Waals surface area contributed by atoms with E-state index in [0.29, 0.717) is 43.1 Å². The molecule has 31 heavy (non-hydrogen) atoms. The second kappa shape index (κ2) is 9.23. The van der Waals surface area contributed by atoms with Crippen molar-refractivity contribution >= 4 is 16.0 Å². The van der Waals surface area contributed by atoms with Crippen molar-refractivity contribution in [3.05, 3.63) is 53.8 Å². The number of nitrogens with zero attached hydrogens (tertiary/aromatic N) is 1. The number of hydrogen-bond acceptors (Lipinski definition) is 6. The average Bonchev–Trinajstić information content (AvgIpc) is 3.03. The molecule has 0 saturated carbocycles. The Morgan fingerprint density at radius 2 is 1.71 bits per heavy atom. The third kappa shape index (κ3) is 4.99. The van der Waals surface area contributed by atoms with Crippen molar-refractivity contribution in [2.75, 3.05) is 26.3 Å². The van der Waals surface area contributed by atoms with Crippen LogP contribution in [0.25, 0.3) is 0 Å². The molecule has 2 heterocycles. The van der Waals surface area contributed by atoms with Gasteiger partial charge in [0.15, 0.2) is 11.5 Å². The zero-order valence-corrected chi connectivity index (χ0v) is 17.8. The lowest BCUT2D eigenvalue weighted by atomic mass is 9.98. The first-order valence-corrected chi connectivity index (χ1v) is 11.7. The van der Waals surface area contributed by atoms with E-state index in [9.17, 15) is 17.6 Å². The van der Waals surface area contributed by atoms with E-state index >= 15 is 0 Å². The van der Waals surface area contributed by atoms with Gasteiger partial charge in [0.1, 0.15) is 12.4 Å². The summed E-state index contributed by atoms with van der Waals surface area (Å²) in [6.07, 6.45) is 1.50. The third-order valence-electron chi connectivity index (χ3n) is 5.44. The summed E-state index contributed by atoms with van der Waals surface area (Å²) in [4.78, 5) is 12.5. The zero-order chi connectivity index (χ0) is 21.8. The Bertz CT molecular complexity index is 1030. The molecule has 4 rings (SSSR count). The molecule has 2 aliphatic heterocycles. The van der Waals surface area contributed by atoms with Crippen molar-refractivity contribution in [2.24, 2.45) is 5.92 Å². The van der Waals surface area contributed by atoms with Gasteiger partial charge in [-0.15, -0.1) is 0 Å². The number of sulfonamides is 1. The lowest BCUT2D eigenvalue weighted by molar-refractivity contribution is -0.151. The van der Waals surface area contributed by atoms with E-state index in [1.54, 1.807) is 18.2 Å². The molecule has 1 saturated heterocycles. The van der Waals surface area contributed by atoms with E-state index in [0.717, 1.165) is 6.42 Å². The molecule has 2 aromatic rings. The first-order chi connectivity index (χ1) is 14.9. The maximum absolute atomic E-state index is 13.1. The molecular weight excluding hydrogens is 425 g/mol. The number of esters is 1. The highest BCUT2D eigenvalue weighted by Crippen LogP contribution is 2.34. The molecule has 2 aromatic carbocycles. The third-order valence-corrected chi connectivity index (χ3v) is 7.33. The van der Waals surface area contributed by atoms with Crippen LogP contribution in [-0.2, 0) is 26.2 Å². The van der Waals surface area contributed by atoms with Gasteiger partial charge in [0, 0.05) is 25.6 Å². The quantitative estimate of drug-likeness (QED) is 0.653. The Morgan fingerprint density at radius 3 is 2.42 bits per heavy atom. The number of carbonyl (C=O) groups is 1. The first-order valence-electron chi connectivity index (χ1n) is 10.2. The standard InChI is InChI=1S/C22H24FNO6S/c23-18-4-2-16(3-5-18)15-30-22(25)17-8-10-24(11-9-17)31(26,27)19-6-7-20-21(14-19)29-13-1-12-28-20/h2-7,14,17H,1,8-13,15H2. The maximum atomic E-state index is 13.1. The molecule has 166 valence electrons. The van der Waals surface area contributed by atoms with E-state index in [1.165, 1.54) is 28.6 Å². The Balaban J connectivity index is 1.35. The molecule has 0 unspecified atom stereocenters. The molecular formula is C22H24FNO6S. The van der Waals surface area contributed by atoms with Gasteiger partial charge in [-0.3, -0.25) is 4.79 Å². The highest BCUT2D eigenvalue weighted by Gasteiger charge is 2.33.